The number of halogens is 1. The zero-order valence-corrected chi connectivity index (χ0v) is 12.8. The summed E-state index contributed by atoms with van der Waals surface area (Å²) in [6.45, 7) is 2.10. The minimum Gasteiger partial charge on any atom is -0.508 e. The molecule has 0 aliphatic carbocycles. The van der Waals surface area contributed by atoms with Crippen LogP contribution in [0.3, 0.4) is 0 Å². The van der Waals surface area contributed by atoms with Gasteiger partial charge >= 0.3 is 0 Å². The highest BCUT2D eigenvalue weighted by Gasteiger charge is 2.20. The van der Waals surface area contributed by atoms with Crippen molar-refractivity contribution in [1.82, 2.24) is 0 Å². The van der Waals surface area contributed by atoms with Crippen LogP contribution in [-0.4, -0.2) is 20.1 Å². The third-order valence-electron chi connectivity index (χ3n) is 2.61. The lowest BCUT2D eigenvalue weighted by Gasteiger charge is -2.13. The van der Waals surface area contributed by atoms with Gasteiger partial charge in [-0.25, -0.2) is 8.42 Å². The van der Waals surface area contributed by atoms with Crippen LogP contribution in [0.1, 0.15) is 6.92 Å². The predicted molar refractivity (Wildman–Crippen MR) is 81.5 cm³/mol. The maximum Gasteiger partial charge on any atom is 0.265 e. The van der Waals surface area contributed by atoms with Crippen molar-refractivity contribution in [3.05, 3.63) is 47.5 Å². The quantitative estimate of drug-likeness (QED) is 0.827. The molecule has 7 heteroatoms. The summed E-state index contributed by atoms with van der Waals surface area (Å²) in [4.78, 5) is -0.0371. The molecule has 0 aliphatic heterocycles. The molecule has 0 amide bonds. The molecule has 2 aromatic carbocycles. The summed E-state index contributed by atoms with van der Waals surface area (Å²) in [6, 6.07) is 10.1. The molecule has 0 atom stereocenters. The van der Waals surface area contributed by atoms with Gasteiger partial charge in [0, 0.05) is 10.7 Å². The highest BCUT2D eigenvalue weighted by atomic mass is 35.5. The molecule has 2 aromatic rings. The van der Waals surface area contributed by atoms with Gasteiger partial charge in [-0.3, -0.25) is 4.72 Å². The number of rotatable bonds is 5. The van der Waals surface area contributed by atoms with E-state index >= 15 is 0 Å². The van der Waals surface area contributed by atoms with Crippen LogP contribution in [0.15, 0.2) is 47.4 Å². The fourth-order valence-corrected chi connectivity index (χ4v) is 3.17. The van der Waals surface area contributed by atoms with Gasteiger partial charge in [0.25, 0.3) is 10.0 Å². The predicted octanol–water partition coefficient (Wildman–Crippen LogP) is 3.25. The molecular weight excluding hydrogens is 314 g/mol. The van der Waals surface area contributed by atoms with Crippen LogP contribution in [0, 0.1) is 0 Å². The molecule has 0 fully saturated rings. The summed E-state index contributed by atoms with van der Waals surface area (Å²) in [5, 5.41) is 9.50. The van der Waals surface area contributed by atoms with Crippen LogP contribution in [0.2, 0.25) is 5.02 Å². The molecule has 0 radical (unpaired) electrons. The van der Waals surface area contributed by atoms with Crippen LogP contribution in [-0.2, 0) is 10.0 Å². The zero-order chi connectivity index (χ0) is 15.5. The van der Waals surface area contributed by atoms with Crippen LogP contribution in [0.4, 0.5) is 5.69 Å². The molecule has 0 aliphatic rings. The Morgan fingerprint density at radius 2 is 1.86 bits per heavy atom. The van der Waals surface area contributed by atoms with Gasteiger partial charge in [0.2, 0.25) is 0 Å². The number of benzene rings is 2. The molecule has 0 saturated carbocycles. The van der Waals surface area contributed by atoms with E-state index < -0.39 is 10.0 Å². The first kappa shape index (κ1) is 15.5. The SMILES string of the molecule is CCOc1ccc(Cl)cc1S(=O)(=O)Nc1ccc(O)cc1. The third-order valence-corrected chi connectivity index (χ3v) is 4.25. The van der Waals surface area contributed by atoms with E-state index in [0.717, 1.165) is 0 Å². The molecule has 0 bridgehead atoms. The topological polar surface area (TPSA) is 75.6 Å². The zero-order valence-electron chi connectivity index (χ0n) is 11.2. The van der Waals surface area contributed by atoms with Crippen molar-refractivity contribution in [3.8, 4) is 11.5 Å². The molecule has 2 N–H and O–H groups in total. The van der Waals surface area contributed by atoms with Crippen LogP contribution >= 0.6 is 11.6 Å². The standard InChI is InChI=1S/C14H14ClNO4S/c1-2-20-13-8-3-10(15)9-14(13)21(18,19)16-11-4-6-12(17)7-5-11/h3-9,16-17H,2H2,1H3. The van der Waals surface area contributed by atoms with E-state index in [-0.39, 0.29) is 16.4 Å². The lowest BCUT2D eigenvalue weighted by Crippen LogP contribution is -2.14. The molecule has 2 rings (SSSR count). The molecule has 0 aromatic heterocycles. The van der Waals surface area contributed by atoms with Crippen molar-refractivity contribution in [2.24, 2.45) is 0 Å². The van der Waals surface area contributed by atoms with Gasteiger partial charge in [-0.05, 0) is 49.4 Å². The number of phenolic OH excluding ortho intramolecular Hbond substituents is 1. The average Bonchev–Trinajstić information content (AvgIpc) is 2.43. The number of hydrogen-bond donors (Lipinski definition) is 2. The Bertz CT molecular complexity index is 729. The second kappa shape index (κ2) is 6.24. The maximum absolute atomic E-state index is 12.4. The van der Waals surface area contributed by atoms with Crippen LogP contribution in [0.25, 0.3) is 0 Å². The highest BCUT2D eigenvalue weighted by Crippen LogP contribution is 2.29. The summed E-state index contributed by atoms with van der Waals surface area (Å²) in [5.74, 6) is 0.281. The van der Waals surface area contributed by atoms with Gasteiger partial charge in [-0.2, -0.15) is 0 Å². The normalized spacial score (nSPS) is 11.1. The summed E-state index contributed by atoms with van der Waals surface area (Å²) >= 11 is 5.87. The largest absolute Gasteiger partial charge is 0.508 e. The first-order valence-corrected chi connectivity index (χ1v) is 8.02. The van der Waals surface area contributed by atoms with Crippen molar-refractivity contribution < 1.29 is 18.3 Å². The average molecular weight is 328 g/mol. The highest BCUT2D eigenvalue weighted by molar-refractivity contribution is 7.92. The lowest BCUT2D eigenvalue weighted by atomic mass is 10.3. The summed E-state index contributed by atoms with van der Waals surface area (Å²) in [7, 11) is -3.84. The number of hydrogen-bond acceptors (Lipinski definition) is 4. The molecule has 5 nitrogen and oxygen atoms in total. The summed E-state index contributed by atoms with van der Waals surface area (Å²) < 4.78 is 32.6. The number of ether oxygens (including phenoxy) is 1. The van der Waals surface area contributed by atoms with E-state index in [2.05, 4.69) is 4.72 Å². The van der Waals surface area contributed by atoms with Gasteiger partial charge in [0.05, 0.1) is 6.61 Å². The van der Waals surface area contributed by atoms with Gasteiger partial charge in [-0.1, -0.05) is 11.6 Å². The first-order chi connectivity index (χ1) is 9.92. The third kappa shape index (κ3) is 3.80. The number of anilines is 1. The van der Waals surface area contributed by atoms with Crippen molar-refractivity contribution in [2.45, 2.75) is 11.8 Å². The molecule has 0 saturated heterocycles. The van der Waals surface area contributed by atoms with E-state index in [1.807, 2.05) is 0 Å². The second-order valence-electron chi connectivity index (χ2n) is 4.18. The molecule has 0 spiro atoms. The Balaban J connectivity index is 2.39. The maximum atomic E-state index is 12.4. The minimum atomic E-state index is -3.84. The summed E-state index contributed by atoms with van der Waals surface area (Å²) in [5.41, 5.74) is 0.329. The van der Waals surface area contributed by atoms with E-state index in [9.17, 15) is 13.5 Å². The Labute approximate surface area is 128 Å². The van der Waals surface area contributed by atoms with Crippen molar-refractivity contribution in [1.29, 1.82) is 0 Å². The number of phenols is 1. The van der Waals surface area contributed by atoms with E-state index in [4.69, 9.17) is 16.3 Å². The van der Waals surface area contributed by atoms with Gasteiger partial charge in [-0.15, -0.1) is 0 Å². The first-order valence-electron chi connectivity index (χ1n) is 6.16. The Kier molecular flexibility index (Phi) is 4.59. The molecule has 112 valence electrons. The molecule has 21 heavy (non-hydrogen) atoms. The Morgan fingerprint density at radius 1 is 1.19 bits per heavy atom. The van der Waals surface area contributed by atoms with Crippen molar-refractivity contribution in [3.63, 3.8) is 0 Å². The summed E-state index contributed by atoms with van der Waals surface area (Å²) in [6.07, 6.45) is 0. The van der Waals surface area contributed by atoms with Crippen LogP contribution in [0.5, 0.6) is 11.5 Å². The van der Waals surface area contributed by atoms with Gasteiger partial charge < -0.3 is 9.84 Å². The van der Waals surface area contributed by atoms with Gasteiger partial charge in [0.15, 0.2) is 0 Å². The van der Waals surface area contributed by atoms with Crippen molar-refractivity contribution >= 4 is 27.3 Å². The molecular formula is C14H14ClNO4S. The minimum absolute atomic E-state index is 0.0371. The Hall–Kier alpha value is -1.92. The van der Waals surface area contributed by atoms with E-state index in [1.165, 1.54) is 36.4 Å². The second-order valence-corrected chi connectivity index (χ2v) is 6.26. The smallest absolute Gasteiger partial charge is 0.265 e. The lowest BCUT2D eigenvalue weighted by molar-refractivity contribution is 0.331. The van der Waals surface area contributed by atoms with Crippen molar-refractivity contribution in [2.75, 3.05) is 11.3 Å². The van der Waals surface area contributed by atoms with E-state index in [1.54, 1.807) is 13.0 Å². The molecule has 0 unspecified atom stereocenters. The molecule has 0 heterocycles. The number of sulfonamides is 1. The number of aromatic hydroxyl groups is 1. The van der Waals surface area contributed by atoms with Gasteiger partial charge in [0.1, 0.15) is 16.4 Å². The monoisotopic (exact) mass is 327 g/mol. The Morgan fingerprint density at radius 3 is 2.48 bits per heavy atom. The fraction of sp³-hybridized carbons (Fsp3) is 0.143. The fourth-order valence-electron chi connectivity index (χ4n) is 1.71. The van der Waals surface area contributed by atoms with Crippen LogP contribution < -0.4 is 9.46 Å². The number of nitrogens with one attached hydrogen (secondary N) is 1. The van der Waals surface area contributed by atoms with E-state index in [0.29, 0.717) is 17.3 Å².